The molecule has 2 aliphatic rings. The van der Waals surface area contributed by atoms with Crippen LogP contribution in [-0.2, 0) is 9.31 Å². The molecule has 2 heterocycles. The Labute approximate surface area is 726 Å². The van der Waals surface area contributed by atoms with Crippen molar-refractivity contribution in [1.29, 1.82) is 0 Å². The molecule has 4 nitrogen and oxygen atoms in total. The Morgan fingerprint density at radius 3 is 0.712 bits per heavy atom. The van der Waals surface area contributed by atoms with Crippen LogP contribution in [0.2, 0.25) is 87.7 Å². The van der Waals surface area contributed by atoms with Crippen molar-refractivity contribution in [2.75, 3.05) is 104 Å². The molecule has 0 bridgehead atoms. The molecule has 0 atom stereocenters. The monoisotopic (exact) mass is 1830 g/mol. The summed E-state index contributed by atoms with van der Waals surface area (Å²) in [5, 5.41) is 0. The van der Waals surface area contributed by atoms with Gasteiger partial charge in [-0.1, -0.05) is 334 Å². The summed E-state index contributed by atoms with van der Waals surface area (Å²) < 4.78 is 13.8. The first kappa shape index (κ1) is 111. The van der Waals surface area contributed by atoms with Crippen molar-refractivity contribution >= 4 is 159 Å². The molecule has 0 saturated heterocycles. The fraction of sp³-hybridized carbons (Fsp3) is 0.500. The average molecular weight is 1830 g/mol. The average Bonchev–Trinajstić information content (AvgIpc) is 1.54. The Kier molecular flexibility index (Phi) is 51.5. The Hall–Kier alpha value is 0.750. The standard InChI is InChI=1S/2C28H58B3NOP2Si2.4C6H6.4BrH.2Mg/c2*1-22(2)24-19-18-20-25(23(3)4)27(24)32-26(29-31(34(6,7)8)35(9,10)11)21-28(30(32)33-5,36(12,13)14)37(15,16)17;4*1-2-4-6-5-3-1;;;;;;/h2*18-23,29H,1-17H3;4*1-6H;4*1H;;/q+1;+2;;;;;;;;;2*+2/p-4. The summed E-state index contributed by atoms with van der Waals surface area (Å²) in [6.07, 6.45) is 5.64. The second-order valence-corrected chi connectivity index (χ2v) is 79.1. The van der Waals surface area contributed by atoms with Crippen LogP contribution in [-0.4, -0.2) is 213 Å². The van der Waals surface area contributed by atoms with Gasteiger partial charge in [0.25, 0.3) is 7.17 Å². The second kappa shape index (κ2) is 48.2. The number of rotatable bonds is 20. The minimum Gasteiger partial charge on any atom is -1.00 e. The van der Waals surface area contributed by atoms with Gasteiger partial charge in [-0.15, -0.1) is 14.3 Å². The van der Waals surface area contributed by atoms with Crippen molar-refractivity contribution < 1.29 is 77.2 Å². The van der Waals surface area contributed by atoms with E-state index >= 15 is 0 Å². The number of allylic oxidation sites excluding steroid dienone is 2. The molecule has 24 heteroatoms. The van der Waals surface area contributed by atoms with Gasteiger partial charge in [0.05, 0.1) is 39.5 Å². The third kappa shape index (κ3) is 30.5. The predicted octanol–water partition coefficient (Wildman–Crippen LogP) is 10.9. The molecule has 6 aromatic rings. The summed E-state index contributed by atoms with van der Waals surface area (Å²) in [7, 11) is -4.63. The molecular formula is C80H140B6Br4Mg2N2O2P4Si4+3. The first-order valence-corrected chi connectivity index (χ1v) is 63.4. The van der Waals surface area contributed by atoms with Crippen LogP contribution >= 0.6 is 28.6 Å². The normalized spacial score (nSPS) is 14.1. The first-order chi connectivity index (χ1) is 45.0. The second-order valence-electron chi connectivity index (χ2n) is 36.6. The van der Waals surface area contributed by atoms with Gasteiger partial charge in [0, 0.05) is 115 Å². The van der Waals surface area contributed by atoms with Crippen LogP contribution in [0.3, 0.4) is 0 Å². The number of hydrogen-bond donors (Lipinski definition) is 0. The Morgan fingerprint density at radius 1 is 0.356 bits per heavy atom. The molecule has 0 N–H and O–H groups in total. The third-order valence-electron chi connectivity index (χ3n) is 20.3. The summed E-state index contributed by atoms with van der Waals surface area (Å²) >= 11 is 0. The van der Waals surface area contributed by atoms with Crippen LogP contribution in [0, 0.1) is 0 Å². The quantitative estimate of drug-likeness (QED) is 0.0562. The zero-order valence-electron chi connectivity index (χ0n) is 71.9. The molecule has 0 fully saturated rings. The first-order valence-electron chi connectivity index (χ1n) is 36.6. The van der Waals surface area contributed by atoms with Gasteiger partial charge in [0.2, 0.25) is 6.04 Å². The fourth-order valence-corrected chi connectivity index (χ4v) is 60.1. The molecule has 8 rings (SSSR count). The molecule has 565 valence electrons. The van der Waals surface area contributed by atoms with Crippen LogP contribution in [0.25, 0.3) is 0 Å². The van der Waals surface area contributed by atoms with Gasteiger partial charge in [-0.25, -0.2) is 0 Å². The van der Waals surface area contributed by atoms with Crippen molar-refractivity contribution in [2.24, 2.45) is 0 Å². The van der Waals surface area contributed by atoms with Crippen LogP contribution in [0.1, 0.15) is 101 Å². The van der Waals surface area contributed by atoms with Gasteiger partial charge in [-0.3, -0.25) is 0 Å². The number of benzene rings is 6. The van der Waals surface area contributed by atoms with Crippen LogP contribution in [0.4, 0.5) is 11.4 Å². The maximum atomic E-state index is 6.76. The largest absolute Gasteiger partial charge is 2.00 e. The maximum absolute atomic E-state index is 6.76. The topological polar surface area (TPSA) is 24.9 Å². The van der Waals surface area contributed by atoms with Crippen molar-refractivity contribution in [3.63, 3.8) is 0 Å². The van der Waals surface area contributed by atoms with E-state index in [0.29, 0.717) is 23.7 Å². The summed E-state index contributed by atoms with van der Waals surface area (Å²) in [6.45, 7) is 80.9. The molecule has 1 radical (unpaired) electrons. The Morgan fingerprint density at radius 2 is 0.548 bits per heavy atom. The van der Waals surface area contributed by atoms with E-state index in [4.69, 9.17) is 9.31 Å². The van der Waals surface area contributed by atoms with Crippen LogP contribution in [0.15, 0.2) is 205 Å². The molecule has 0 aliphatic carbocycles. The number of nitrogens with zero attached hydrogens (tertiary/aromatic N) is 2. The summed E-state index contributed by atoms with van der Waals surface area (Å²) in [5.41, 5.74) is 11.9. The summed E-state index contributed by atoms with van der Waals surface area (Å²) in [4.78, 5) is 5.53. The Balaban J connectivity index is -0.000000690. The van der Waals surface area contributed by atoms with E-state index in [-0.39, 0.29) is 137 Å². The summed E-state index contributed by atoms with van der Waals surface area (Å²) in [6, 6.07) is 63.6. The van der Waals surface area contributed by atoms with Gasteiger partial charge >= 0.3 is 66.2 Å². The molecule has 2 aliphatic heterocycles. The molecule has 0 spiro atoms. The number of anilines is 2. The van der Waals surface area contributed by atoms with E-state index < -0.39 is 60.9 Å². The van der Waals surface area contributed by atoms with E-state index in [9.17, 15) is 0 Å². The van der Waals surface area contributed by atoms with Crippen molar-refractivity contribution in [1.82, 2.24) is 0 Å². The van der Waals surface area contributed by atoms with Crippen LogP contribution in [0.5, 0.6) is 0 Å². The minimum atomic E-state index is -1.71. The van der Waals surface area contributed by atoms with Gasteiger partial charge < -0.3 is 86.9 Å². The van der Waals surface area contributed by atoms with E-state index in [1.165, 1.54) is 48.0 Å². The zero-order chi connectivity index (χ0) is 74.8. The molecule has 0 amide bonds. The van der Waals surface area contributed by atoms with Crippen molar-refractivity contribution in [3.05, 3.63) is 228 Å². The number of para-hydroxylation sites is 2. The van der Waals surface area contributed by atoms with E-state index in [0.717, 1.165) is 12.1 Å². The predicted molar refractivity (Wildman–Crippen MR) is 497 cm³/mol. The zero-order valence-corrected chi connectivity index (χ0v) is 88.7. The Bertz CT molecular complexity index is 2870. The van der Waals surface area contributed by atoms with E-state index in [1.807, 2.05) is 160 Å². The van der Waals surface area contributed by atoms with Crippen LogP contribution < -0.4 is 77.5 Å². The van der Waals surface area contributed by atoms with Crippen molar-refractivity contribution in [3.8, 4) is 0 Å². The number of halogens is 4. The molecule has 0 saturated carbocycles. The molecule has 104 heavy (non-hydrogen) atoms. The fourth-order valence-electron chi connectivity index (χ4n) is 16.2. The van der Waals surface area contributed by atoms with Gasteiger partial charge in [-0.2, -0.15) is 0 Å². The van der Waals surface area contributed by atoms with E-state index in [2.05, 4.69) is 272 Å². The van der Waals surface area contributed by atoms with Crippen molar-refractivity contribution in [2.45, 2.75) is 167 Å². The van der Waals surface area contributed by atoms with Gasteiger partial charge in [-0.05, 0) is 65.8 Å². The summed E-state index contributed by atoms with van der Waals surface area (Å²) in [5.74, 6) is 1.84. The molecule has 0 aromatic heterocycles. The molecular weight excluding hydrogens is 1690 g/mol. The number of hydrogen-bond acceptors (Lipinski definition) is 4. The van der Waals surface area contributed by atoms with E-state index in [1.54, 1.807) is 11.2 Å². The third-order valence-corrected chi connectivity index (χ3v) is 57.0. The maximum Gasteiger partial charge on any atom is 2.00 e. The molecule has 0 unspecified atom stereocenters. The smallest absolute Gasteiger partial charge is 1.00 e. The minimum absolute atomic E-state index is 0. The SMILES string of the molecule is COB1N(c2c(C(C)C)cccc2C(C)C)C(BB([P+](C)(C)C)[P+](C)(C)C)=CC1([Si](C)(C)C)[Si](C)(C)C.COB1N(c2c(C(C)C)cccc2C(C)C)C(B[B-]([P+](C)(C)C)[P+](C)(C)C)=CC1([Si](C)(C)C)[Si](C)(C)C.[Br-].[Br-].[Br-].[Br-].[Mg+2].[Mg+2].c1ccccc1.c1ccccc1.c1ccccc1.c1ccccc1. The van der Waals surface area contributed by atoms with Gasteiger partial charge in [0.15, 0.2) is 0 Å². The molecule has 6 aromatic carbocycles. The van der Waals surface area contributed by atoms with Gasteiger partial charge in [0.1, 0.15) is 0 Å².